The third-order valence-electron chi connectivity index (χ3n) is 6.66. The lowest BCUT2D eigenvalue weighted by Crippen LogP contribution is -1.92. The van der Waals surface area contributed by atoms with E-state index in [0.717, 1.165) is 16.8 Å². The molecular weight excluding hydrogens is 412 g/mol. The van der Waals surface area contributed by atoms with Crippen molar-refractivity contribution in [3.05, 3.63) is 121 Å². The smallest absolute Gasteiger partial charge is 0.0714 e. The Labute approximate surface area is 199 Å². The van der Waals surface area contributed by atoms with Crippen molar-refractivity contribution in [1.82, 2.24) is 9.97 Å². The number of benzene rings is 4. The van der Waals surface area contributed by atoms with Gasteiger partial charge in [-0.05, 0) is 94.4 Å². The molecule has 2 nitrogen and oxygen atoms in total. The number of aromatic nitrogens is 2. The molecule has 6 aromatic rings. The maximum absolute atomic E-state index is 4.67. The van der Waals surface area contributed by atoms with Crippen molar-refractivity contribution >= 4 is 21.7 Å². The summed E-state index contributed by atoms with van der Waals surface area (Å²) in [6, 6.07) is 34.5. The Morgan fingerprint density at radius 2 is 1.12 bits per heavy atom. The van der Waals surface area contributed by atoms with Gasteiger partial charge in [-0.2, -0.15) is 0 Å². The molecule has 0 spiro atoms. The van der Waals surface area contributed by atoms with E-state index in [1.807, 2.05) is 30.6 Å². The van der Waals surface area contributed by atoms with E-state index in [4.69, 9.17) is 0 Å². The summed E-state index contributed by atoms with van der Waals surface area (Å²) in [4.78, 5) is 9.23. The molecule has 0 amide bonds. The summed E-state index contributed by atoms with van der Waals surface area (Å²) < 4.78 is 0. The SMILES string of the molecule is Cc1ccc(-c2ccccn2)cc1-c1cc(-c2cc3ncccc3c3ccccc23)ccc1C. The molecule has 0 atom stereocenters. The quantitative estimate of drug-likeness (QED) is 0.260. The van der Waals surface area contributed by atoms with Crippen molar-refractivity contribution in [2.24, 2.45) is 0 Å². The highest BCUT2D eigenvalue weighted by atomic mass is 14.7. The highest BCUT2D eigenvalue weighted by molar-refractivity contribution is 6.12. The Morgan fingerprint density at radius 1 is 0.471 bits per heavy atom. The Kier molecular flexibility index (Phi) is 4.92. The number of hydrogen-bond acceptors (Lipinski definition) is 2. The molecule has 0 aliphatic rings. The lowest BCUT2D eigenvalue weighted by Gasteiger charge is -2.15. The molecule has 2 heteroatoms. The number of nitrogens with zero attached hydrogens (tertiary/aromatic N) is 2. The van der Waals surface area contributed by atoms with Crippen molar-refractivity contribution in [3.63, 3.8) is 0 Å². The average molecular weight is 437 g/mol. The second-order valence-electron chi connectivity index (χ2n) is 8.81. The summed E-state index contributed by atoms with van der Waals surface area (Å²) >= 11 is 0. The molecule has 0 radical (unpaired) electrons. The van der Waals surface area contributed by atoms with E-state index in [0.29, 0.717) is 0 Å². The molecule has 6 rings (SSSR count). The number of hydrogen-bond donors (Lipinski definition) is 0. The Hall–Kier alpha value is -4.30. The fraction of sp³-hybridized carbons (Fsp3) is 0.0625. The molecule has 0 bridgehead atoms. The zero-order valence-electron chi connectivity index (χ0n) is 19.3. The van der Waals surface area contributed by atoms with E-state index in [9.17, 15) is 0 Å². The first-order chi connectivity index (χ1) is 16.7. The molecule has 2 heterocycles. The van der Waals surface area contributed by atoms with Crippen LogP contribution in [0, 0.1) is 13.8 Å². The zero-order chi connectivity index (χ0) is 23.1. The van der Waals surface area contributed by atoms with Crippen molar-refractivity contribution in [3.8, 4) is 33.5 Å². The number of pyridine rings is 2. The van der Waals surface area contributed by atoms with Gasteiger partial charge in [0.1, 0.15) is 0 Å². The van der Waals surface area contributed by atoms with Crippen LogP contribution in [0.3, 0.4) is 0 Å². The molecule has 162 valence electrons. The minimum Gasteiger partial charge on any atom is -0.256 e. The maximum atomic E-state index is 4.67. The predicted molar refractivity (Wildman–Crippen MR) is 143 cm³/mol. The van der Waals surface area contributed by atoms with Crippen molar-refractivity contribution in [1.29, 1.82) is 0 Å². The van der Waals surface area contributed by atoms with Crippen LogP contribution in [0.2, 0.25) is 0 Å². The van der Waals surface area contributed by atoms with Crippen LogP contribution in [0.4, 0.5) is 0 Å². The monoisotopic (exact) mass is 436 g/mol. The van der Waals surface area contributed by atoms with Gasteiger partial charge in [0.15, 0.2) is 0 Å². The van der Waals surface area contributed by atoms with Crippen LogP contribution in [0.15, 0.2) is 109 Å². The fourth-order valence-corrected chi connectivity index (χ4v) is 4.85. The van der Waals surface area contributed by atoms with E-state index >= 15 is 0 Å². The van der Waals surface area contributed by atoms with Crippen LogP contribution in [0.1, 0.15) is 11.1 Å². The molecule has 4 aromatic carbocycles. The number of aryl methyl sites for hydroxylation is 2. The van der Waals surface area contributed by atoms with Crippen LogP contribution in [0.25, 0.3) is 55.2 Å². The zero-order valence-corrected chi connectivity index (χ0v) is 19.3. The van der Waals surface area contributed by atoms with Gasteiger partial charge in [0.05, 0.1) is 11.2 Å². The van der Waals surface area contributed by atoms with Gasteiger partial charge in [0.2, 0.25) is 0 Å². The average Bonchev–Trinajstić information content (AvgIpc) is 2.89. The van der Waals surface area contributed by atoms with Crippen molar-refractivity contribution in [2.75, 3.05) is 0 Å². The topological polar surface area (TPSA) is 25.8 Å². The molecular formula is C32H24N2. The molecule has 0 unspecified atom stereocenters. The van der Waals surface area contributed by atoms with Crippen molar-refractivity contribution < 1.29 is 0 Å². The van der Waals surface area contributed by atoms with Gasteiger partial charge in [0.25, 0.3) is 0 Å². The minimum absolute atomic E-state index is 0.990. The lowest BCUT2D eigenvalue weighted by molar-refractivity contribution is 1.32. The first-order valence-corrected chi connectivity index (χ1v) is 11.6. The highest BCUT2D eigenvalue weighted by Gasteiger charge is 2.13. The predicted octanol–water partition coefficient (Wildman–Crippen LogP) is 8.40. The van der Waals surface area contributed by atoms with Crippen molar-refractivity contribution in [2.45, 2.75) is 13.8 Å². The normalized spacial score (nSPS) is 11.2. The Balaban J connectivity index is 1.57. The van der Waals surface area contributed by atoms with Gasteiger partial charge in [-0.1, -0.05) is 60.7 Å². The van der Waals surface area contributed by atoms with Crippen LogP contribution < -0.4 is 0 Å². The summed E-state index contributed by atoms with van der Waals surface area (Å²) in [6.07, 6.45) is 3.72. The summed E-state index contributed by atoms with van der Waals surface area (Å²) in [5.41, 5.74) is 10.6. The van der Waals surface area contributed by atoms with Crippen LogP contribution >= 0.6 is 0 Å². The molecule has 2 aromatic heterocycles. The first-order valence-electron chi connectivity index (χ1n) is 11.6. The fourth-order valence-electron chi connectivity index (χ4n) is 4.85. The van der Waals surface area contributed by atoms with Crippen LogP contribution in [-0.2, 0) is 0 Å². The summed E-state index contributed by atoms with van der Waals surface area (Å²) in [6.45, 7) is 4.37. The molecule has 0 saturated heterocycles. The van der Waals surface area contributed by atoms with E-state index in [1.54, 1.807) is 0 Å². The van der Waals surface area contributed by atoms with Gasteiger partial charge in [-0.15, -0.1) is 0 Å². The van der Waals surface area contributed by atoms with Gasteiger partial charge in [0, 0.05) is 23.3 Å². The molecule has 0 fully saturated rings. The standard InChI is InChI=1S/C32H24N2/c1-21-12-14-23(30-20-32-27(10-7-17-34-32)25-8-3-4-9-26(25)30)18-28(21)29-19-24(15-13-22(29)2)31-11-5-6-16-33-31/h3-20H,1-2H3. The van der Waals surface area contributed by atoms with Crippen LogP contribution in [-0.4, -0.2) is 9.97 Å². The Morgan fingerprint density at radius 3 is 1.88 bits per heavy atom. The molecule has 0 saturated carbocycles. The number of fused-ring (bicyclic) bond motifs is 3. The number of rotatable bonds is 3. The van der Waals surface area contributed by atoms with Gasteiger partial charge in [-0.3, -0.25) is 9.97 Å². The van der Waals surface area contributed by atoms with Gasteiger partial charge >= 0.3 is 0 Å². The third-order valence-corrected chi connectivity index (χ3v) is 6.66. The molecule has 0 N–H and O–H groups in total. The largest absolute Gasteiger partial charge is 0.256 e. The maximum Gasteiger partial charge on any atom is 0.0714 e. The first kappa shape index (κ1) is 20.3. The highest BCUT2D eigenvalue weighted by Crippen LogP contribution is 2.38. The molecule has 34 heavy (non-hydrogen) atoms. The summed E-state index contributed by atoms with van der Waals surface area (Å²) in [5, 5.41) is 3.67. The molecule has 0 aliphatic heterocycles. The van der Waals surface area contributed by atoms with E-state index in [2.05, 4.69) is 103 Å². The van der Waals surface area contributed by atoms with E-state index < -0.39 is 0 Å². The van der Waals surface area contributed by atoms with Gasteiger partial charge < -0.3 is 0 Å². The summed E-state index contributed by atoms with van der Waals surface area (Å²) in [5.74, 6) is 0. The second kappa shape index (κ2) is 8.24. The second-order valence-corrected chi connectivity index (χ2v) is 8.81. The Bertz CT molecular complexity index is 1670. The lowest BCUT2D eigenvalue weighted by atomic mass is 9.89. The van der Waals surface area contributed by atoms with Crippen LogP contribution in [0.5, 0.6) is 0 Å². The van der Waals surface area contributed by atoms with Gasteiger partial charge in [-0.25, -0.2) is 0 Å². The summed E-state index contributed by atoms with van der Waals surface area (Å²) in [7, 11) is 0. The minimum atomic E-state index is 0.990. The van der Waals surface area contributed by atoms with E-state index in [1.165, 1.54) is 49.5 Å². The van der Waals surface area contributed by atoms with E-state index in [-0.39, 0.29) is 0 Å². The molecule has 0 aliphatic carbocycles. The third kappa shape index (κ3) is 3.45.